The van der Waals surface area contributed by atoms with Gasteiger partial charge in [-0.05, 0) is 6.42 Å². The minimum atomic E-state index is -4.70. The van der Waals surface area contributed by atoms with Crippen LogP contribution in [0.5, 0.6) is 0 Å². The lowest BCUT2D eigenvalue weighted by Gasteiger charge is -2.31. The number of alkyl halides is 1. The van der Waals surface area contributed by atoms with Gasteiger partial charge in [-0.1, -0.05) is 16.4 Å². The Morgan fingerprint density at radius 2 is 2.12 bits per heavy atom. The monoisotopic (exact) mass is 288 g/mol. The van der Waals surface area contributed by atoms with Gasteiger partial charge in [0, 0.05) is 6.42 Å². The second-order valence-electron chi connectivity index (χ2n) is 3.52. The van der Waals surface area contributed by atoms with Crippen molar-refractivity contribution in [3.63, 3.8) is 0 Å². The minimum absolute atomic E-state index is 0.0597. The first-order valence-electron chi connectivity index (χ1n) is 4.90. The summed E-state index contributed by atoms with van der Waals surface area (Å²) in [5.74, 6) is -1.75. The zero-order valence-electron chi connectivity index (χ0n) is 9.32. The van der Waals surface area contributed by atoms with Crippen molar-refractivity contribution in [2.75, 3.05) is 12.4 Å². The molecule has 0 aromatic carbocycles. The summed E-state index contributed by atoms with van der Waals surface area (Å²) in [6.45, 7) is 1.31. The third-order valence-electron chi connectivity index (χ3n) is 2.38. The van der Waals surface area contributed by atoms with Crippen LogP contribution in [-0.4, -0.2) is 38.6 Å². The van der Waals surface area contributed by atoms with Crippen LogP contribution in [0.25, 0.3) is 0 Å². The minimum Gasteiger partial charge on any atom is -0.320 e. The molecule has 2 atom stereocenters. The van der Waals surface area contributed by atoms with Crippen molar-refractivity contribution in [1.82, 2.24) is 0 Å². The Hall–Kier alpha value is -0.530. The Morgan fingerprint density at radius 3 is 2.35 bits per heavy atom. The zero-order chi connectivity index (χ0) is 13.7. The summed E-state index contributed by atoms with van der Waals surface area (Å²) in [5, 5.41) is 2.53. The summed E-state index contributed by atoms with van der Waals surface area (Å²) in [4.78, 5) is 40.5. The van der Waals surface area contributed by atoms with Crippen LogP contribution in [0.2, 0.25) is 0 Å². The highest BCUT2D eigenvalue weighted by atomic mass is 35.5. The van der Waals surface area contributed by atoms with Gasteiger partial charge in [-0.15, -0.1) is 11.6 Å². The number of rotatable bonds is 7. The van der Waals surface area contributed by atoms with Gasteiger partial charge >= 0.3 is 13.6 Å². The van der Waals surface area contributed by atoms with E-state index in [0.717, 1.165) is 0 Å². The van der Waals surface area contributed by atoms with Gasteiger partial charge in [0.25, 0.3) is 0 Å². The van der Waals surface area contributed by atoms with E-state index in [2.05, 4.69) is 5.29 Å². The summed E-state index contributed by atoms with van der Waals surface area (Å²) in [7, 11) is -4.70. The normalized spacial score (nSPS) is 17.2. The van der Waals surface area contributed by atoms with E-state index >= 15 is 0 Å². The molecule has 0 fully saturated rings. The van der Waals surface area contributed by atoms with Gasteiger partial charge in [-0.2, -0.15) is 0 Å². The average molecular weight is 289 g/mol. The van der Waals surface area contributed by atoms with E-state index in [1.54, 1.807) is 6.92 Å². The standard InChI is InChI=1S/C7H15ClN3O5P/c1-2-3-6(17(14,15)16)11(10-13,5-4-8)7(9)12/h6H,2-5H2,1H3,(H3-,9,12,14,15,16)/p+1. The predicted molar refractivity (Wildman–Crippen MR) is 62.0 cm³/mol. The Morgan fingerprint density at radius 1 is 1.59 bits per heavy atom. The molecule has 100 valence electrons. The average Bonchev–Trinajstić information content (AvgIpc) is 2.21. The number of primary amides is 1. The molecule has 0 aliphatic carbocycles. The molecule has 0 radical (unpaired) electrons. The third-order valence-corrected chi connectivity index (χ3v) is 3.97. The maximum absolute atomic E-state index is 11.3. The van der Waals surface area contributed by atoms with E-state index in [-0.39, 0.29) is 18.8 Å². The third kappa shape index (κ3) is 3.72. The van der Waals surface area contributed by atoms with Crippen molar-refractivity contribution < 1.29 is 23.7 Å². The van der Waals surface area contributed by atoms with E-state index < -0.39 is 24.0 Å². The first kappa shape index (κ1) is 16.5. The van der Waals surface area contributed by atoms with Crippen molar-refractivity contribution in [2.24, 2.45) is 11.0 Å². The van der Waals surface area contributed by atoms with Gasteiger partial charge in [0.2, 0.25) is 5.78 Å². The number of hydrogen-bond donors (Lipinski definition) is 3. The largest absolute Gasteiger partial charge is 0.444 e. The number of carbonyl (C=O) groups is 1. The molecular weight excluding hydrogens is 273 g/mol. The predicted octanol–water partition coefficient (Wildman–Crippen LogP) is 1.11. The molecule has 0 aromatic rings. The Labute approximate surface area is 103 Å². The Bertz CT molecular complexity index is 335. The lowest BCUT2D eigenvalue weighted by Crippen LogP contribution is -2.58. The smallest absolute Gasteiger partial charge is 0.320 e. The fraction of sp³-hybridized carbons (Fsp3) is 0.857. The molecule has 0 aliphatic heterocycles. The van der Waals surface area contributed by atoms with Crippen LogP contribution >= 0.6 is 19.2 Å². The molecule has 10 heteroatoms. The highest BCUT2D eigenvalue weighted by Crippen LogP contribution is 2.48. The van der Waals surface area contributed by atoms with Crippen LogP contribution in [0.3, 0.4) is 0 Å². The van der Waals surface area contributed by atoms with Crippen LogP contribution in [0.4, 0.5) is 4.79 Å². The van der Waals surface area contributed by atoms with Crippen molar-refractivity contribution in [1.29, 1.82) is 0 Å². The number of hydrogen-bond acceptors (Lipinski definition) is 4. The van der Waals surface area contributed by atoms with E-state index in [0.29, 0.717) is 6.42 Å². The maximum atomic E-state index is 11.3. The molecule has 0 saturated heterocycles. The van der Waals surface area contributed by atoms with Crippen molar-refractivity contribution >= 4 is 25.2 Å². The SMILES string of the molecule is CCCC([N+](CCCl)(N=O)C(N)=O)P(=O)(O)O. The highest BCUT2D eigenvalue weighted by Gasteiger charge is 2.54. The van der Waals surface area contributed by atoms with E-state index in [1.165, 1.54) is 0 Å². The van der Waals surface area contributed by atoms with E-state index in [9.17, 15) is 24.1 Å². The topological polar surface area (TPSA) is 130 Å². The van der Waals surface area contributed by atoms with Gasteiger partial charge in [-0.25, -0.2) is 4.79 Å². The number of nitrogens with zero attached hydrogens (tertiary/aromatic N) is 2. The summed E-state index contributed by atoms with van der Waals surface area (Å²) in [6, 6.07) is -1.22. The second kappa shape index (κ2) is 6.42. The zero-order valence-corrected chi connectivity index (χ0v) is 11.0. The van der Waals surface area contributed by atoms with Crippen molar-refractivity contribution in [3.8, 4) is 0 Å². The van der Waals surface area contributed by atoms with Crippen LogP contribution < -0.4 is 5.73 Å². The molecule has 2 amide bonds. The molecule has 0 aliphatic rings. The van der Waals surface area contributed by atoms with Crippen molar-refractivity contribution in [3.05, 3.63) is 4.91 Å². The summed E-state index contributed by atoms with van der Waals surface area (Å²) in [5.41, 5.74) is 5.03. The van der Waals surface area contributed by atoms with Crippen LogP contribution in [-0.2, 0) is 4.57 Å². The van der Waals surface area contributed by atoms with Crippen LogP contribution in [0, 0.1) is 4.91 Å². The van der Waals surface area contributed by atoms with Gasteiger partial charge in [-0.3, -0.25) is 4.57 Å². The summed E-state index contributed by atoms with van der Waals surface area (Å²) >= 11 is 5.43. The quantitative estimate of drug-likeness (QED) is 0.212. The van der Waals surface area contributed by atoms with Gasteiger partial charge in [0.1, 0.15) is 6.54 Å². The van der Waals surface area contributed by atoms with Gasteiger partial charge < -0.3 is 15.5 Å². The highest BCUT2D eigenvalue weighted by molar-refractivity contribution is 7.52. The van der Waals surface area contributed by atoms with Gasteiger partial charge in [0.15, 0.2) is 5.29 Å². The molecule has 0 spiro atoms. The molecule has 0 saturated carbocycles. The molecule has 0 heterocycles. The number of amides is 2. The van der Waals surface area contributed by atoms with Gasteiger partial charge in [0.05, 0.1) is 5.88 Å². The first-order valence-corrected chi connectivity index (χ1v) is 7.11. The number of carbonyl (C=O) groups excluding carboxylic acids is 1. The fourth-order valence-corrected chi connectivity index (χ4v) is 3.18. The van der Waals surface area contributed by atoms with Crippen LogP contribution in [0.1, 0.15) is 19.8 Å². The molecule has 0 rings (SSSR count). The molecular formula is C7H16ClN3O5P+. The number of quaternary nitrogens is 1. The Kier molecular flexibility index (Phi) is 6.22. The van der Waals surface area contributed by atoms with Crippen molar-refractivity contribution in [2.45, 2.75) is 25.5 Å². The summed E-state index contributed by atoms with van der Waals surface area (Å²) in [6.07, 6.45) is 0.302. The molecule has 8 nitrogen and oxygen atoms in total. The lowest BCUT2D eigenvalue weighted by atomic mass is 10.3. The number of urea groups is 1. The number of halogens is 1. The van der Waals surface area contributed by atoms with E-state index in [1.807, 2.05) is 0 Å². The maximum Gasteiger partial charge on any atom is 0.444 e. The van der Waals surface area contributed by atoms with Crippen LogP contribution in [0.15, 0.2) is 5.29 Å². The molecule has 0 bridgehead atoms. The first-order chi connectivity index (χ1) is 7.76. The fourth-order valence-electron chi connectivity index (χ4n) is 1.56. The molecule has 4 N–H and O–H groups in total. The lowest BCUT2D eigenvalue weighted by molar-refractivity contribution is -0.868. The number of nitrogens with two attached hydrogens (primary N) is 1. The molecule has 0 aromatic heterocycles. The Balaban J connectivity index is 5.58. The molecule has 2 unspecified atom stereocenters. The summed E-state index contributed by atoms with van der Waals surface area (Å²) < 4.78 is 9.95. The molecule has 17 heavy (non-hydrogen) atoms. The number of nitroso groups, excluding NO2 is 1. The van der Waals surface area contributed by atoms with E-state index in [4.69, 9.17) is 17.3 Å². The second-order valence-corrected chi connectivity index (χ2v) is 5.67.